The summed E-state index contributed by atoms with van der Waals surface area (Å²) in [6.07, 6.45) is 0. The second-order valence-corrected chi connectivity index (χ2v) is 5.76. The van der Waals surface area contributed by atoms with Crippen molar-refractivity contribution >= 4 is 50.7 Å². The Kier molecular flexibility index (Phi) is 5.30. The summed E-state index contributed by atoms with van der Waals surface area (Å²) in [6.45, 7) is 0.310. The Hall–Kier alpha value is -0.240. The van der Waals surface area contributed by atoms with E-state index < -0.39 is 10.2 Å². The molecule has 96 valence electrons. The van der Waals surface area contributed by atoms with Crippen LogP contribution in [-0.2, 0) is 10.2 Å². The molecule has 1 aromatic carbocycles. The zero-order valence-corrected chi connectivity index (χ0v) is 11.6. The minimum absolute atomic E-state index is 0.119. The minimum Gasteiger partial charge on any atom is -0.329 e. The Morgan fingerprint density at radius 3 is 2.29 bits per heavy atom. The van der Waals surface area contributed by atoms with Gasteiger partial charge in [-0.05, 0) is 12.1 Å². The van der Waals surface area contributed by atoms with E-state index in [4.69, 9.17) is 40.5 Å². The van der Waals surface area contributed by atoms with Crippen molar-refractivity contribution in [2.24, 2.45) is 5.73 Å². The van der Waals surface area contributed by atoms with E-state index in [1.165, 1.54) is 12.1 Å². The van der Waals surface area contributed by atoms with Gasteiger partial charge in [0.15, 0.2) is 0 Å². The monoisotopic (exact) mass is 317 g/mol. The van der Waals surface area contributed by atoms with Crippen molar-refractivity contribution in [3.8, 4) is 0 Å². The van der Waals surface area contributed by atoms with Crippen molar-refractivity contribution < 1.29 is 8.42 Å². The van der Waals surface area contributed by atoms with Gasteiger partial charge in [0.2, 0.25) is 0 Å². The van der Waals surface area contributed by atoms with Gasteiger partial charge in [-0.1, -0.05) is 34.8 Å². The Morgan fingerprint density at radius 2 is 1.71 bits per heavy atom. The highest BCUT2D eigenvalue weighted by atomic mass is 35.5. The predicted octanol–water partition coefficient (Wildman–Crippen LogP) is 1.85. The lowest BCUT2D eigenvalue weighted by Crippen LogP contribution is -2.34. The summed E-state index contributed by atoms with van der Waals surface area (Å²) in [5.41, 5.74) is 5.33. The van der Waals surface area contributed by atoms with E-state index in [2.05, 4.69) is 9.44 Å². The van der Waals surface area contributed by atoms with Crippen LogP contribution in [0.15, 0.2) is 12.1 Å². The minimum atomic E-state index is -3.72. The maximum atomic E-state index is 11.5. The van der Waals surface area contributed by atoms with E-state index in [9.17, 15) is 8.42 Å². The molecule has 0 aliphatic heterocycles. The molecule has 0 radical (unpaired) electrons. The number of halogens is 3. The molecule has 4 N–H and O–H groups in total. The Labute approximate surface area is 114 Å². The molecule has 0 unspecified atom stereocenters. The van der Waals surface area contributed by atoms with Crippen LogP contribution in [0.25, 0.3) is 0 Å². The van der Waals surface area contributed by atoms with Gasteiger partial charge in [0.25, 0.3) is 10.2 Å². The molecule has 0 aliphatic carbocycles. The second-order valence-electron chi connectivity index (χ2n) is 3.03. The quantitative estimate of drug-likeness (QED) is 0.724. The predicted molar refractivity (Wildman–Crippen MR) is 71.1 cm³/mol. The molecule has 9 heteroatoms. The molecule has 0 aliphatic rings. The van der Waals surface area contributed by atoms with Crippen LogP contribution in [0, 0.1) is 0 Å². The fraction of sp³-hybridized carbons (Fsp3) is 0.250. The molecule has 5 nitrogen and oxygen atoms in total. The summed E-state index contributed by atoms with van der Waals surface area (Å²) in [7, 11) is -3.72. The van der Waals surface area contributed by atoms with Gasteiger partial charge in [0, 0.05) is 13.1 Å². The van der Waals surface area contributed by atoms with Crippen molar-refractivity contribution in [3.05, 3.63) is 27.2 Å². The third-order valence-electron chi connectivity index (χ3n) is 1.69. The molecular weight excluding hydrogens is 309 g/mol. The van der Waals surface area contributed by atoms with Crippen molar-refractivity contribution in [1.29, 1.82) is 0 Å². The zero-order chi connectivity index (χ0) is 13.1. The highest BCUT2D eigenvalue weighted by molar-refractivity contribution is 7.90. The third kappa shape index (κ3) is 4.50. The maximum Gasteiger partial charge on any atom is 0.299 e. The summed E-state index contributed by atoms with van der Waals surface area (Å²) >= 11 is 17.3. The average molecular weight is 319 g/mol. The lowest BCUT2D eigenvalue weighted by molar-refractivity contribution is 0.587. The lowest BCUT2D eigenvalue weighted by Gasteiger charge is -2.10. The molecule has 1 rings (SSSR count). The number of nitrogens with one attached hydrogen (secondary N) is 2. The summed E-state index contributed by atoms with van der Waals surface area (Å²) in [5.74, 6) is 0. The van der Waals surface area contributed by atoms with Crippen LogP contribution < -0.4 is 15.2 Å². The largest absolute Gasteiger partial charge is 0.329 e. The van der Waals surface area contributed by atoms with E-state index in [1.54, 1.807) is 0 Å². The Morgan fingerprint density at radius 1 is 1.12 bits per heavy atom. The van der Waals surface area contributed by atoms with Crippen LogP contribution in [0.1, 0.15) is 0 Å². The first-order chi connectivity index (χ1) is 7.85. The smallest absolute Gasteiger partial charge is 0.299 e. The molecule has 0 heterocycles. The molecule has 17 heavy (non-hydrogen) atoms. The van der Waals surface area contributed by atoms with Crippen LogP contribution in [-0.4, -0.2) is 21.5 Å². The van der Waals surface area contributed by atoms with Crippen LogP contribution in [0.4, 0.5) is 5.69 Å². The topological polar surface area (TPSA) is 84.2 Å². The van der Waals surface area contributed by atoms with Gasteiger partial charge in [0.05, 0.1) is 20.8 Å². The van der Waals surface area contributed by atoms with Crippen LogP contribution >= 0.6 is 34.8 Å². The Bertz CT molecular complexity index is 507. The molecule has 1 aromatic rings. The number of anilines is 1. The van der Waals surface area contributed by atoms with Crippen molar-refractivity contribution in [2.75, 3.05) is 17.8 Å². The van der Waals surface area contributed by atoms with Gasteiger partial charge in [-0.3, -0.25) is 4.72 Å². The molecule has 0 amide bonds. The van der Waals surface area contributed by atoms with Gasteiger partial charge >= 0.3 is 0 Å². The van der Waals surface area contributed by atoms with Gasteiger partial charge in [0.1, 0.15) is 0 Å². The molecule has 0 saturated heterocycles. The summed E-state index contributed by atoms with van der Waals surface area (Å²) < 4.78 is 27.4. The number of benzene rings is 1. The molecule has 0 aromatic heterocycles. The second kappa shape index (κ2) is 6.08. The first-order valence-corrected chi connectivity index (χ1v) is 7.09. The molecule has 0 saturated carbocycles. The zero-order valence-electron chi connectivity index (χ0n) is 8.50. The highest BCUT2D eigenvalue weighted by Crippen LogP contribution is 2.32. The van der Waals surface area contributed by atoms with E-state index in [-0.39, 0.29) is 33.8 Å². The van der Waals surface area contributed by atoms with Crippen LogP contribution in [0.2, 0.25) is 15.1 Å². The summed E-state index contributed by atoms with van der Waals surface area (Å²) in [6, 6.07) is 2.68. The third-order valence-corrected chi connectivity index (χ3v) is 3.80. The van der Waals surface area contributed by atoms with Gasteiger partial charge in [-0.2, -0.15) is 13.1 Å². The van der Waals surface area contributed by atoms with Crippen LogP contribution in [0.3, 0.4) is 0 Å². The molecule has 0 spiro atoms. The van der Waals surface area contributed by atoms with Gasteiger partial charge < -0.3 is 5.73 Å². The summed E-state index contributed by atoms with van der Waals surface area (Å²) in [5, 5.41) is 0.597. The highest BCUT2D eigenvalue weighted by Gasteiger charge is 2.13. The van der Waals surface area contributed by atoms with E-state index in [0.29, 0.717) is 0 Å². The van der Waals surface area contributed by atoms with Crippen molar-refractivity contribution in [3.63, 3.8) is 0 Å². The maximum absolute atomic E-state index is 11.5. The fourth-order valence-corrected chi connectivity index (χ4v) is 2.54. The number of hydrogen-bond donors (Lipinski definition) is 3. The number of rotatable bonds is 5. The fourth-order valence-electron chi connectivity index (χ4n) is 0.975. The summed E-state index contributed by atoms with van der Waals surface area (Å²) in [4.78, 5) is 0. The van der Waals surface area contributed by atoms with Crippen molar-refractivity contribution in [2.45, 2.75) is 0 Å². The lowest BCUT2D eigenvalue weighted by atomic mass is 10.3. The van der Waals surface area contributed by atoms with E-state index in [0.717, 1.165) is 0 Å². The molecule has 0 bridgehead atoms. The molecular formula is C8H10Cl3N3O2S. The Balaban J connectivity index is 2.92. The normalized spacial score (nSPS) is 11.5. The van der Waals surface area contributed by atoms with E-state index >= 15 is 0 Å². The number of hydrogen-bond acceptors (Lipinski definition) is 3. The standard InChI is InChI=1S/C8H10Cl3N3O2S/c9-5-3-7(11)8(4-6(5)10)14-17(15,16)13-2-1-12/h3-4,13-14H,1-2,12H2. The van der Waals surface area contributed by atoms with Gasteiger partial charge in [-0.15, -0.1) is 0 Å². The number of nitrogens with two attached hydrogens (primary N) is 1. The average Bonchev–Trinajstić information content (AvgIpc) is 2.23. The van der Waals surface area contributed by atoms with Crippen LogP contribution in [0.5, 0.6) is 0 Å². The van der Waals surface area contributed by atoms with Gasteiger partial charge in [-0.25, -0.2) is 0 Å². The van der Waals surface area contributed by atoms with E-state index in [1.807, 2.05) is 0 Å². The van der Waals surface area contributed by atoms with Crippen molar-refractivity contribution in [1.82, 2.24) is 4.72 Å². The SMILES string of the molecule is NCCNS(=O)(=O)Nc1cc(Cl)c(Cl)cc1Cl. The first kappa shape index (κ1) is 14.8. The molecule has 0 atom stereocenters. The molecule has 0 fully saturated rings. The first-order valence-electron chi connectivity index (χ1n) is 4.48.